The highest BCUT2D eigenvalue weighted by molar-refractivity contribution is 6.04. The van der Waals surface area contributed by atoms with Crippen LogP contribution in [0.25, 0.3) is 17.0 Å². The van der Waals surface area contributed by atoms with Crippen LogP contribution in [-0.2, 0) is 4.79 Å². The molecular formula is C28H30N6O2. The Balaban J connectivity index is 1.66. The number of nitrogens with zero attached hydrogens (tertiary/aromatic N) is 5. The Hall–Kier alpha value is -4.33. The second kappa shape index (κ2) is 10.9. The number of imidazole rings is 1. The predicted octanol–water partition coefficient (Wildman–Crippen LogP) is 4.92. The van der Waals surface area contributed by atoms with E-state index in [1.807, 2.05) is 36.9 Å². The van der Waals surface area contributed by atoms with Crippen molar-refractivity contribution < 1.29 is 9.59 Å². The Morgan fingerprint density at radius 1 is 1.19 bits per heavy atom. The number of aromatic nitrogens is 3. The molecule has 8 heteroatoms. The van der Waals surface area contributed by atoms with Crippen LogP contribution in [0.15, 0.2) is 72.5 Å². The van der Waals surface area contributed by atoms with Crippen LogP contribution in [0.5, 0.6) is 0 Å². The van der Waals surface area contributed by atoms with Crippen molar-refractivity contribution in [2.75, 3.05) is 18.4 Å². The van der Waals surface area contributed by atoms with Crippen LogP contribution in [0.2, 0.25) is 0 Å². The summed E-state index contributed by atoms with van der Waals surface area (Å²) in [6.45, 7) is 12.5. The largest absolute Gasteiger partial charge is 0.338 e. The standard InChI is InChI=1S/C28H30N6O2/c1-5-25(35)33-16-8-9-23(18-33)27-32-26(20(3)34(27)19(2)17-29-4)21-11-13-22(14-12-21)28(36)31-24-10-6-7-15-30-24/h5-7,10-15,17,23H,1,4,8-9,16,18H2,2-3H3,(H,30,31,36)/b19-17-/t23-/m1/s1. The van der Waals surface area contributed by atoms with Gasteiger partial charge in [-0.3, -0.25) is 14.6 Å². The number of allylic oxidation sites excluding steroid dienone is 1. The van der Waals surface area contributed by atoms with Gasteiger partial charge in [-0.25, -0.2) is 9.97 Å². The van der Waals surface area contributed by atoms with Gasteiger partial charge in [-0.05, 0) is 63.7 Å². The molecule has 1 fully saturated rings. The third-order valence-electron chi connectivity index (χ3n) is 6.36. The topological polar surface area (TPSA) is 92.5 Å². The minimum Gasteiger partial charge on any atom is -0.338 e. The molecule has 4 rings (SSSR count). The van der Waals surface area contributed by atoms with Crippen LogP contribution in [-0.4, -0.2) is 51.1 Å². The summed E-state index contributed by atoms with van der Waals surface area (Å²) in [5.74, 6) is 1.17. The predicted molar refractivity (Wildman–Crippen MR) is 143 cm³/mol. The van der Waals surface area contributed by atoms with E-state index in [4.69, 9.17) is 4.98 Å². The summed E-state index contributed by atoms with van der Waals surface area (Å²) in [4.78, 5) is 39.9. The van der Waals surface area contributed by atoms with Crippen LogP contribution in [0.4, 0.5) is 5.82 Å². The lowest BCUT2D eigenvalue weighted by molar-refractivity contribution is -0.127. The van der Waals surface area contributed by atoms with E-state index in [0.29, 0.717) is 17.9 Å². The Bertz CT molecular complexity index is 1310. The number of piperidine rings is 1. The van der Waals surface area contributed by atoms with E-state index < -0.39 is 0 Å². The number of carbonyl (C=O) groups excluding carboxylic acids is 2. The van der Waals surface area contributed by atoms with Gasteiger partial charge in [0.1, 0.15) is 11.6 Å². The van der Waals surface area contributed by atoms with Gasteiger partial charge in [0.05, 0.1) is 5.69 Å². The summed E-state index contributed by atoms with van der Waals surface area (Å²) in [7, 11) is 0. The van der Waals surface area contributed by atoms with E-state index in [9.17, 15) is 9.59 Å². The fourth-order valence-electron chi connectivity index (χ4n) is 4.63. The van der Waals surface area contributed by atoms with E-state index in [2.05, 4.69) is 33.2 Å². The molecule has 1 atom stereocenters. The summed E-state index contributed by atoms with van der Waals surface area (Å²) in [5.41, 5.74) is 4.11. The zero-order valence-electron chi connectivity index (χ0n) is 20.6. The third kappa shape index (κ3) is 5.17. The molecule has 2 aromatic heterocycles. The van der Waals surface area contributed by atoms with Crippen molar-refractivity contribution in [1.29, 1.82) is 0 Å². The van der Waals surface area contributed by atoms with Gasteiger partial charge < -0.3 is 14.8 Å². The van der Waals surface area contributed by atoms with Gasteiger partial charge in [-0.15, -0.1) is 0 Å². The fraction of sp³-hybridized carbons (Fsp3) is 0.250. The molecule has 184 valence electrons. The number of benzene rings is 1. The first-order chi connectivity index (χ1) is 17.4. The first kappa shape index (κ1) is 24.8. The minimum absolute atomic E-state index is 0.0608. The molecule has 1 saturated heterocycles. The molecule has 0 aliphatic carbocycles. The fourth-order valence-corrected chi connectivity index (χ4v) is 4.63. The van der Waals surface area contributed by atoms with Gasteiger partial charge in [-0.2, -0.15) is 0 Å². The van der Waals surface area contributed by atoms with Crippen molar-refractivity contribution in [3.63, 3.8) is 0 Å². The average molecular weight is 483 g/mol. The number of rotatable bonds is 7. The molecule has 0 bridgehead atoms. The number of hydrogen-bond donors (Lipinski definition) is 1. The van der Waals surface area contributed by atoms with E-state index in [1.54, 1.807) is 36.7 Å². The quantitative estimate of drug-likeness (QED) is 0.382. The summed E-state index contributed by atoms with van der Waals surface area (Å²) >= 11 is 0. The molecule has 1 aliphatic rings. The zero-order chi connectivity index (χ0) is 25.7. The van der Waals surface area contributed by atoms with Gasteiger partial charge in [0.25, 0.3) is 5.91 Å². The van der Waals surface area contributed by atoms with Crippen LogP contribution in [0.3, 0.4) is 0 Å². The highest BCUT2D eigenvalue weighted by Crippen LogP contribution is 2.34. The Kier molecular flexibility index (Phi) is 7.53. The lowest BCUT2D eigenvalue weighted by Crippen LogP contribution is -2.38. The first-order valence-electron chi connectivity index (χ1n) is 11.9. The number of carbonyl (C=O) groups is 2. The summed E-state index contributed by atoms with van der Waals surface area (Å²) in [6, 6.07) is 12.7. The van der Waals surface area contributed by atoms with E-state index >= 15 is 0 Å². The molecule has 0 unspecified atom stereocenters. The van der Waals surface area contributed by atoms with E-state index in [0.717, 1.165) is 47.9 Å². The molecule has 0 radical (unpaired) electrons. The van der Waals surface area contributed by atoms with Gasteiger partial charge in [0.2, 0.25) is 5.91 Å². The van der Waals surface area contributed by atoms with Crippen molar-refractivity contribution in [1.82, 2.24) is 19.4 Å². The highest BCUT2D eigenvalue weighted by atomic mass is 16.2. The number of hydrogen-bond acceptors (Lipinski definition) is 5. The van der Waals surface area contributed by atoms with Crippen LogP contribution in [0, 0.1) is 6.92 Å². The molecule has 36 heavy (non-hydrogen) atoms. The maximum atomic E-state index is 12.6. The average Bonchev–Trinajstić information content (AvgIpc) is 3.26. The van der Waals surface area contributed by atoms with Gasteiger partial charge >= 0.3 is 0 Å². The molecule has 2 amide bonds. The molecule has 1 aromatic carbocycles. The molecule has 1 aliphatic heterocycles. The number of likely N-dealkylation sites (tertiary alicyclic amines) is 1. The van der Waals surface area contributed by atoms with Gasteiger partial charge in [0.15, 0.2) is 0 Å². The lowest BCUT2D eigenvalue weighted by Gasteiger charge is -2.32. The lowest BCUT2D eigenvalue weighted by atomic mass is 9.97. The maximum Gasteiger partial charge on any atom is 0.256 e. The van der Waals surface area contributed by atoms with Crippen molar-refractivity contribution in [3.05, 3.63) is 84.6 Å². The summed E-state index contributed by atoms with van der Waals surface area (Å²) < 4.78 is 2.10. The monoisotopic (exact) mass is 482 g/mol. The van der Waals surface area contributed by atoms with Crippen molar-refractivity contribution in [2.24, 2.45) is 4.99 Å². The number of nitrogens with one attached hydrogen (secondary N) is 1. The van der Waals surface area contributed by atoms with Gasteiger partial charge in [0, 0.05) is 53.9 Å². The molecule has 0 saturated carbocycles. The number of pyridine rings is 1. The number of aliphatic imine (C=N–C) groups is 1. The van der Waals surface area contributed by atoms with Crippen LogP contribution >= 0.6 is 0 Å². The van der Waals surface area contributed by atoms with Crippen LogP contribution < -0.4 is 5.32 Å². The Morgan fingerprint density at radius 3 is 2.64 bits per heavy atom. The highest BCUT2D eigenvalue weighted by Gasteiger charge is 2.29. The Labute approximate surface area is 211 Å². The van der Waals surface area contributed by atoms with E-state index in [1.165, 1.54) is 6.08 Å². The molecule has 1 N–H and O–H groups in total. The molecule has 3 aromatic rings. The van der Waals surface area contributed by atoms with Crippen molar-refractivity contribution in [2.45, 2.75) is 32.6 Å². The van der Waals surface area contributed by atoms with Gasteiger partial charge in [-0.1, -0.05) is 24.8 Å². The van der Waals surface area contributed by atoms with Crippen molar-refractivity contribution in [3.8, 4) is 11.3 Å². The smallest absolute Gasteiger partial charge is 0.256 e. The van der Waals surface area contributed by atoms with E-state index in [-0.39, 0.29) is 17.7 Å². The second-order valence-electron chi connectivity index (χ2n) is 8.77. The summed E-state index contributed by atoms with van der Waals surface area (Å²) in [6.07, 6.45) is 6.53. The summed E-state index contributed by atoms with van der Waals surface area (Å²) in [5, 5.41) is 2.80. The molecule has 0 spiro atoms. The zero-order valence-corrected chi connectivity index (χ0v) is 20.6. The number of anilines is 1. The van der Waals surface area contributed by atoms with Crippen molar-refractivity contribution >= 4 is 30.0 Å². The minimum atomic E-state index is -0.229. The normalized spacial score (nSPS) is 15.9. The molecule has 8 nitrogen and oxygen atoms in total. The van der Waals surface area contributed by atoms with Crippen LogP contribution in [0.1, 0.15) is 47.6 Å². The SMILES string of the molecule is C=CC(=O)N1CCC[C@@H](c2nc(-c3ccc(C(=O)Nc4ccccn4)cc3)c(C)n2/C(C)=C\N=C)C1. The molecular weight excluding hydrogens is 452 g/mol. The second-order valence-corrected chi connectivity index (χ2v) is 8.77. The Morgan fingerprint density at radius 2 is 1.97 bits per heavy atom. The maximum absolute atomic E-state index is 12.6. The third-order valence-corrected chi connectivity index (χ3v) is 6.36. The number of amides is 2. The first-order valence-corrected chi connectivity index (χ1v) is 11.9. The molecule has 3 heterocycles.